The Labute approximate surface area is 60.7 Å². The zero-order valence-corrected chi connectivity index (χ0v) is 3.27. The normalized spacial score (nSPS) is 0. The molecular weight excluding hydrogens is 208 g/mol. The van der Waals surface area contributed by atoms with Crippen molar-refractivity contribution in [1.82, 2.24) is 0 Å². The van der Waals surface area contributed by atoms with Crippen molar-refractivity contribution in [3.05, 3.63) is 0 Å². The molecule has 0 saturated carbocycles. The van der Waals surface area contributed by atoms with Gasteiger partial charge in [-0.1, -0.05) is 0 Å². The molecule has 0 aliphatic heterocycles. The maximum atomic E-state index is 0. The largest absolute Gasteiger partial charge is 0.269 e. The van der Waals surface area contributed by atoms with Crippen LogP contribution in [-0.2, 0) is 0 Å². The summed E-state index contributed by atoms with van der Waals surface area (Å²) in [7, 11) is 0. The van der Waals surface area contributed by atoms with E-state index in [1.54, 1.807) is 0 Å². The highest BCUT2D eigenvalue weighted by Crippen LogP contribution is 0.427. The van der Waals surface area contributed by atoms with Crippen LogP contribution in [0.25, 0.3) is 0 Å². The monoisotopic (exact) mass is 224 g/mol. The van der Waals surface area contributed by atoms with Gasteiger partial charge >= 0.3 is 0 Å². The van der Waals surface area contributed by atoms with Crippen LogP contribution in [0.1, 0.15) is 0 Å². The van der Waals surface area contributed by atoms with E-state index in [0.29, 0.717) is 0 Å². The average Bonchev–Trinajstić information content (AvgIpc) is 0. The van der Waals surface area contributed by atoms with E-state index in [1.165, 1.54) is 0 Å². The summed E-state index contributed by atoms with van der Waals surface area (Å²) in [4.78, 5) is 0. The second kappa shape index (κ2) is 34500. The molecule has 0 spiro atoms. The molecule has 0 aromatic carbocycles. The molecule has 0 N–H and O–H groups in total. The van der Waals surface area contributed by atoms with Crippen molar-refractivity contribution in [3.8, 4) is 0 Å². The van der Waals surface area contributed by atoms with E-state index in [9.17, 15) is 0 Å². The minimum atomic E-state index is 0. The standard InChI is InChI=1S/8FH.2H4Si/h8*1H;2*1H4. The van der Waals surface area contributed by atoms with Crippen molar-refractivity contribution in [2.45, 2.75) is 0 Å². The Morgan fingerprint density at radius 1 is 0.200 bits per heavy atom. The van der Waals surface area contributed by atoms with Gasteiger partial charge < -0.3 is 0 Å². The van der Waals surface area contributed by atoms with Gasteiger partial charge in [0, 0.05) is 0 Å². The molecule has 0 fully saturated rings. The first-order valence-corrected chi connectivity index (χ1v) is 0. The minimum Gasteiger partial charge on any atom is -0.269 e. The van der Waals surface area contributed by atoms with E-state index in [4.69, 9.17) is 0 Å². The number of hydrogen-bond donors (Lipinski definition) is 0. The number of halogens is 8. The summed E-state index contributed by atoms with van der Waals surface area (Å²) in [6.07, 6.45) is 0. The average molecular weight is 224 g/mol. The van der Waals surface area contributed by atoms with Gasteiger partial charge in [-0.3, -0.25) is 37.6 Å². The fourth-order valence-electron chi connectivity index (χ4n) is 0. The second-order valence-electron chi connectivity index (χ2n) is 0. The van der Waals surface area contributed by atoms with E-state index >= 15 is 0 Å². The molecule has 0 aliphatic carbocycles. The molecule has 0 aromatic rings. The van der Waals surface area contributed by atoms with Gasteiger partial charge in [-0.25, -0.2) is 0 Å². The van der Waals surface area contributed by atoms with E-state index in [2.05, 4.69) is 0 Å². The van der Waals surface area contributed by atoms with Gasteiger partial charge in [0.1, 0.15) is 0 Å². The molecule has 80 valence electrons. The van der Waals surface area contributed by atoms with Gasteiger partial charge in [0.15, 0.2) is 0 Å². The molecule has 0 nitrogen and oxygen atoms in total. The van der Waals surface area contributed by atoms with Crippen molar-refractivity contribution in [1.29, 1.82) is 0 Å². The molecule has 0 heterocycles. The van der Waals surface area contributed by atoms with Crippen LogP contribution in [0.3, 0.4) is 0 Å². The second-order valence-corrected chi connectivity index (χ2v) is 0. The van der Waals surface area contributed by atoms with Crippen LogP contribution in [0, 0.1) is 0 Å². The first-order chi connectivity index (χ1) is 0. The molecular formula is H16F8Si2. The van der Waals surface area contributed by atoms with E-state index < -0.39 is 0 Å². The summed E-state index contributed by atoms with van der Waals surface area (Å²) in [6, 6.07) is 0. The Morgan fingerprint density at radius 2 is 0.200 bits per heavy atom. The van der Waals surface area contributed by atoms with Crippen LogP contribution in [0.15, 0.2) is 0 Å². The molecule has 0 radical (unpaired) electrons. The van der Waals surface area contributed by atoms with E-state index in [0.717, 1.165) is 0 Å². The van der Waals surface area contributed by atoms with E-state index in [-0.39, 0.29) is 59.6 Å². The van der Waals surface area contributed by atoms with Gasteiger partial charge in [0.25, 0.3) is 0 Å². The zero-order valence-electron chi connectivity index (χ0n) is 3.27. The third-order valence-electron chi connectivity index (χ3n) is 0. The Hall–Kier alpha value is -0.126. The topological polar surface area (TPSA) is 0 Å². The smallest absolute Gasteiger partial charge is 0.0149 e. The van der Waals surface area contributed by atoms with Crippen LogP contribution < -0.4 is 0 Å². The Morgan fingerprint density at radius 3 is 0.200 bits per heavy atom. The molecule has 0 aromatic heterocycles. The highest BCUT2D eigenvalue weighted by atomic mass is 28.1. The molecule has 0 saturated heterocycles. The predicted molar refractivity (Wildman–Crippen MR) is 42.7 cm³/mol. The maximum absolute atomic E-state index is 0. The lowest BCUT2D eigenvalue weighted by Crippen LogP contribution is -0.382. The van der Waals surface area contributed by atoms with Gasteiger partial charge in [-0.2, -0.15) is 0 Å². The van der Waals surface area contributed by atoms with Gasteiger partial charge in [-0.15, -0.1) is 0 Å². The third kappa shape index (κ3) is 23300. The SMILES string of the molecule is F.F.F.F.F.F.F.F.[SiH4].[SiH4]. The maximum Gasteiger partial charge on any atom is -0.0149 e. The van der Waals surface area contributed by atoms with Crippen LogP contribution in [-0.4, -0.2) is 21.9 Å². The van der Waals surface area contributed by atoms with Crippen LogP contribution >= 0.6 is 0 Å². The lowest BCUT2D eigenvalue weighted by Gasteiger charge is -0.270. The van der Waals surface area contributed by atoms with Crippen molar-refractivity contribution in [2.75, 3.05) is 0 Å². The summed E-state index contributed by atoms with van der Waals surface area (Å²) in [5.41, 5.74) is 0. The number of hydrogen-bond acceptors (Lipinski definition) is 0. The van der Waals surface area contributed by atoms with Crippen LogP contribution in [0.5, 0.6) is 0 Å². The summed E-state index contributed by atoms with van der Waals surface area (Å²) in [5.74, 6) is 0. The fourth-order valence-corrected chi connectivity index (χ4v) is 0. The summed E-state index contributed by atoms with van der Waals surface area (Å²) < 4.78 is 0. The van der Waals surface area contributed by atoms with Gasteiger partial charge in [0.2, 0.25) is 0 Å². The van der Waals surface area contributed by atoms with E-state index in [1.807, 2.05) is 0 Å². The first kappa shape index (κ1) is 48800. The van der Waals surface area contributed by atoms with Crippen molar-refractivity contribution in [3.63, 3.8) is 0 Å². The zero-order chi connectivity index (χ0) is 0. The molecule has 10 heavy (non-hydrogen) atoms. The lowest BCUT2D eigenvalue weighted by atomic mass is 19.0. The van der Waals surface area contributed by atoms with Crippen molar-refractivity contribution in [2.24, 2.45) is 0 Å². The molecule has 0 bridgehead atoms. The number of rotatable bonds is 0. The molecule has 0 rings (SSSR count). The summed E-state index contributed by atoms with van der Waals surface area (Å²) in [5, 5.41) is 0. The van der Waals surface area contributed by atoms with Gasteiger partial charge in [0.05, 0.1) is 0 Å². The summed E-state index contributed by atoms with van der Waals surface area (Å²) in [6.45, 7) is 0. The fraction of sp³-hybridized carbons (Fsp3) is 0. The highest BCUT2D eigenvalue weighted by molar-refractivity contribution is 5.76. The van der Waals surface area contributed by atoms with Crippen molar-refractivity contribution >= 4 is 21.9 Å². The highest BCUT2D eigenvalue weighted by Gasteiger charge is -0.0138. The molecule has 10 heteroatoms. The summed E-state index contributed by atoms with van der Waals surface area (Å²) >= 11 is 0. The first-order valence-electron chi connectivity index (χ1n) is 0. The molecule has 0 atom stereocenters. The predicted octanol–water partition coefficient (Wildman–Crippen LogP) is -1.68. The molecule has 0 aliphatic rings. The quantitative estimate of drug-likeness (QED) is 0.340. The van der Waals surface area contributed by atoms with Crippen molar-refractivity contribution < 1.29 is 37.6 Å². The Kier molecular flexibility index (Phi) is 168000000. The Bertz CT molecular complexity index is 7.22. The van der Waals surface area contributed by atoms with Gasteiger partial charge in [-0.05, 0) is 21.9 Å². The minimum absolute atomic E-state index is 0. The Balaban J connectivity index is 0. The van der Waals surface area contributed by atoms with Crippen LogP contribution in [0.2, 0.25) is 0 Å². The molecule has 0 unspecified atom stereocenters. The van der Waals surface area contributed by atoms with Crippen LogP contribution in [0.4, 0.5) is 37.6 Å². The third-order valence-corrected chi connectivity index (χ3v) is 0. The lowest BCUT2D eigenvalue weighted by molar-refractivity contribution is 1.11. The molecule has 0 amide bonds.